The number of amides is 2. The lowest BCUT2D eigenvalue weighted by molar-refractivity contribution is 0.0697. The van der Waals surface area contributed by atoms with Gasteiger partial charge in [0.25, 0.3) is 0 Å². The molecule has 2 aromatic rings. The average molecular weight is 303 g/mol. The molecule has 0 saturated heterocycles. The minimum Gasteiger partial charge on any atom is -0.478 e. The highest BCUT2D eigenvalue weighted by Crippen LogP contribution is 2.04. The number of aromatic carboxylic acids is 1. The van der Waals surface area contributed by atoms with Gasteiger partial charge in [-0.25, -0.2) is 14.6 Å². The van der Waals surface area contributed by atoms with Gasteiger partial charge in [0, 0.05) is 12.6 Å². The molecule has 0 saturated carbocycles. The van der Waals surface area contributed by atoms with E-state index in [9.17, 15) is 9.59 Å². The molecule has 1 aromatic carbocycles. The Morgan fingerprint density at radius 2 is 2.05 bits per heavy atom. The number of urea groups is 1. The highest BCUT2D eigenvalue weighted by atomic mass is 16.4. The molecule has 1 aromatic heterocycles. The number of nitrogens with zero attached hydrogens (tertiary/aromatic N) is 3. The summed E-state index contributed by atoms with van der Waals surface area (Å²) in [6.45, 7) is 2.71. The minimum atomic E-state index is -0.973. The molecule has 3 N–H and O–H groups in total. The Bertz CT molecular complexity index is 624. The number of carboxylic acid groups (broad SMARTS) is 1. The van der Waals surface area contributed by atoms with Crippen molar-refractivity contribution in [2.24, 2.45) is 0 Å². The fourth-order valence-electron chi connectivity index (χ4n) is 1.88. The standard InChI is InChI=1S/C14H17N5O3/c1-10(7-19-9-15-8-17-19)18-14(22)16-6-11-2-4-12(5-3-11)13(20)21/h2-5,8-10H,6-7H2,1H3,(H,20,21)(H2,16,18,22). The van der Waals surface area contributed by atoms with E-state index in [1.807, 2.05) is 6.92 Å². The maximum Gasteiger partial charge on any atom is 0.335 e. The molecule has 1 heterocycles. The first-order chi connectivity index (χ1) is 10.5. The highest BCUT2D eigenvalue weighted by molar-refractivity contribution is 5.87. The molecule has 0 aliphatic heterocycles. The van der Waals surface area contributed by atoms with Gasteiger partial charge in [0.1, 0.15) is 12.7 Å². The zero-order valence-corrected chi connectivity index (χ0v) is 12.1. The number of carbonyl (C=O) groups excluding carboxylic acids is 1. The van der Waals surface area contributed by atoms with Gasteiger partial charge in [-0.05, 0) is 24.6 Å². The summed E-state index contributed by atoms with van der Waals surface area (Å²) in [7, 11) is 0. The number of nitrogens with one attached hydrogen (secondary N) is 2. The fraction of sp³-hybridized carbons (Fsp3) is 0.286. The SMILES string of the molecule is CC(Cn1cncn1)NC(=O)NCc1ccc(C(=O)O)cc1. The van der Waals surface area contributed by atoms with Crippen LogP contribution < -0.4 is 10.6 Å². The van der Waals surface area contributed by atoms with Crippen molar-refractivity contribution in [3.05, 3.63) is 48.0 Å². The Kier molecular flexibility index (Phi) is 5.07. The van der Waals surface area contributed by atoms with Crippen LogP contribution in [0.4, 0.5) is 4.79 Å². The number of carboxylic acids is 1. The predicted octanol–water partition coefficient (Wildman–Crippen LogP) is 0.864. The molecular formula is C14H17N5O3. The number of benzene rings is 1. The van der Waals surface area contributed by atoms with Gasteiger partial charge in [-0.3, -0.25) is 4.68 Å². The molecule has 0 spiro atoms. The van der Waals surface area contributed by atoms with Crippen molar-refractivity contribution in [3.8, 4) is 0 Å². The molecule has 0 aliphatic carbocycles. The van der Waals surface area contributed by atoms with Crippen molar-refractivity contribution < 1.29 is 14.7 Å². The Morgan fingerprint density at radius 1 is 1.32 bits per heavy atom. The molecule has 1 atom stereocenters. The molecule has 0 fully saturated rings. The predicted molar refractivity (Wildman–Crippen MR) is 78.3 cm³/mol. The maximum absolute atomic E-state index is 11.8. The van der Waals surface area contributed by atoms with Crippen molar-refractivity contribution in [1.82, 2.24) is 25.4 Å². The zero-order chi connectivity index (χ0) is 15.9. The number of carbonyl (C=O) groups is 2. The van der Waals surface area contributed by atoms with Crippen LogP contribution in [0.2, 0.25) is 0 Å². The fourth-order valence-corrected chi connectivity index (χ4v) is 1.88. The Balaban J connectivity index is 1.76. The van der Waals surface area contributed by atoms with Crippen LogP contribution in [0.1, 0.15) is 22.8 Å². The largest absolute Gasteiger partial charge is 0.478 e. The summed E-state index contributed by atoms with van der Waals surface area (Å²) in [5, 5.41) is 18.3. The molecule has 2 amide bonds. The first kappa shape index (κ1) is 15.5. The van der Waals surface area contributed by atoms with E-state index in [4.69, 9.17) is 5.11 Å². The molecule has 0 aliphatic rings. The first-order valence-electron chi connectivity index (χ1n) is 6.73. The van der Waals surface area contributed by atoms with Gasteiger partial charge >= 0.3 is 12.0 Å². The molecule has 2 rings (SSSR count). The maximum atomic E-state index is 11.8. The summed E-state index contributed by atoms with van der Waals surface area (Å²) in [5.41, 5.74) is 1.04. The van der Waals surface area contributed by atoms with Crippen LogP contribution in [-0.4, -0.2) is 37.9 Å². The molecule has 1 unspecified atom stereocenters. The van der Waals surface area contributed by atoms with Gasteiger partial charge in [-0.1, -0.05) is 12.1 Å². The Morgan fingerprint density at radius 3 is 2.64 bits per heavy atom. The summed E-state index contributed by atoms with van der Waals surface area (Å²) < 4.78 is 1.63. The molecule has 22 heavy (non-hydrogen) atoms. The third-order valence-electron chi connectivity index (χ3n) is 2.96. The van der Waals surface area contributed by atoms with Crippen molar-refractivity contribution in [3.63, 3.8) is 0 Å². The number of hydrogen-bond donors (Lipinski definition) is 3. The van der Waals surface area contributed by atoms with Gasteiger partial charge in [-0.15, -0.1) is 0 Å². The third-order valence-corrected chi connectivity index (χ3v) is 2.96. The molecular weight excluding hydrogens is 286 g/mol. The van der Waals surface area contributed by atoms with Gasteiger partial charge in [0.2, 0.25) is 0 Å². The topological polar surface area (TPSA) is 109 Å². The van der Waals surface area contributed by atoms with E-state index >= 15 is 0 Å². The second-order valence-electron chi connectivity index (χ2n) is 4.85. The lowest BCUT2D eigenvalue weighted by Gasteiger charge is -2.14. The Hall–Kier alpha value is -2.90. The van der Waals surface area contributed by atoms with Gasteiger partial charge in [0.05, 0.1) is 12.1 Å². The van der Waals surface area contributed by atoms with Crippen LogP contribution >= 0.6 is 0 Å². The summed E-state index contributed by atoms with van der Waals surface area (Å²) in [5.74, 6) is -0.973. The summed E-state index contributed by atoms with van der Waals surface area (Å²) in [6.07, 6.45) is 3.02. The monoisotopic (exact) mass is 303 g/mol. The third kappa shape index (κ3) is 4.58. The van der Waals surface area contributed by atoms with Crippen molar-refractivity contribution in [2.75, 3.05) is 0 Å². The first-order valence-corrected chi connectivity index (χ1v) is 6.73. The minimum absolute atomic E-state index is 0.101. The number of aromatic nitrogens is 3. The second kappa shape index (κ2) is 7.21. The van der Waals surface area contributed by atoms with Crippen molar-refractivity contribution >= 4 is 12.0 Å². The lowest BCUT2D eigenvalue weighted by Crippen LogP contribution is -2.42. The second-order valence-corrected chi connectivity index (χ2v) is 4.85. The van der Waals surface area contributed by atoms with Gasteiger partial charge in [0.15, 0.2) is 0 Å². The molecule has 116 valence electrons. The van der Waals surface area contributed by atoms with Crippen LogP contribution in [0.25, 0.3) is 0 Å². The summed E-state index contributed by atoms with van der Waals surface area (Å²) in [6, 6.07) is 5.95. The summed E-state index contributed by atoms with van der Waals surface area (Å²) >= 11 is 0. The normalized spacial score (nSPS) is 11.7. The van der Waals surface area contributed by atoms with E-state index in [-0.39, 0.29) is 17.6 Å². The quantitative estimate of drug-likeness (QED) is 0.733. The van der Waals surface area contributed by atoms with Crippen LogP contribution in [0.3, 0.4) is 0 Å². The smallest absolute Gasteiger partial charge is 0.335 e. The molecule has 0 bridgehead atoms. The van der Waals surface area contributed by atoms with E-state index < -0.39 is 5.97 Å². The number of hydrogen-bond acceptors (Lipinski definition) is 4. The molecule has 0 radical (unpaired) electrons. The van der Waals surface area contributed by atoms with E-state index in [0.29, 0.717) is 13.1 Å². The highest BCUT2D eigenvalue weighted by Gasteiger charge is 2.08. The lowest BCUT2D eigenvalue weighted by atomic mass is 10.1. The van der Waals surface area contributed by atoms with E-state index in [1.54, 1.807) is 23.1 Å². The van der Waals surface area contributed by atoms with Gasteiger partial charge in [-0.2, -0.15) is 5.10 Å². The average Bonchev–Trinajstić information content (AvgIpc) is 2.98. The Labute approximate surface area is 127 Å². The van der Waals surface area contributed by atoms with Crippen LogP contribution in [0.5, 0.6) is 0 Å². The van der Waals surface area contributed by atoms with Crippen molar-refractivity contribution in [1.29, 1.82) is 0 Å². The van der Waals surface area contributed by atoms with Crippen LogP contribution in [0.15, 0.2) is 36.9 Å². The van der Waals surface area contributed by atoms with Crippen LogP contribution in [-0.2, 0) is 13.1 Å². The number of rotatable bonds is 6. The summed E-state index contributed by atoms with van der Waals surface area (Å²) in [4.78, 5) is 26.3. The van der Waals surface area contributed by atoms with Gasteiger partial charge < -0.3 is 15.7 Å². The zero-order valence-electron chi connectivity index (χ0n) is 12.1. The van der Waals surface area contributed by atoms with E-state index in [0.717, 1.165) is 5.56 Å². The van der Waals surface area contributed by atoms with E-state index in [1.165, 1.54) is 18.5 Å². The van der Waals surface area contributed by atoms with Crippen LogP contribution in [0, 0.1) is 0 Å². The molecule has 8 nitrogen and oxygen atoms in total. The van der Waals surface area contributed by atoms with Crippen molar-refractivity contribution in [2.45, 2.75) is 26.1 Å². The van der Waals surface area contributed by atoms with E-state index in [2.05, 4.69) is 20.7 Å². The molecule has 8 heteroatoms.